The molecule has 23 heavy (non-hydrogen) atoms. The van der Waals surface area contributed by atoms with E-state index in [-0.39, 0.29) is 11.8 Å². The molecule has 1 amide bonds. The fourth-order valence-corrected chi connectivity index (χ4v) is 3.25. The molecular weight excluding hydrogens is 286 g/mol. The molecule has 1 N–H and O–H groups in total. The van der Waals surface area contributed by atoms with Crippen LogP contribution in [0.2, 0.25) is 0 Å². The van der Waals surface area contributed by atoms with Crippen LogP contribution in [-0.4, -0.2) is 15.5 Å². The maximum atomic E-state index is 12.5. The van der Waals surface area contributed by atoms with E-state index in [4.69, 9.17) is 0 Å². The minimum atomic E-state index is 0.0579. The number of benzene rings is 2. The van der Waals surface area contributed by atoms with Gasteiger partial charge in [0.2, 0.25) is 11.9 Å². The molecule has 0 bridgehead atoms. The maximum Gasteiger partial charge on any atom is 0.230 e. The molecule has 0 unspecified atom stereocenters. The summed E-state index contributed by atoms with van der Waals surface area (Å²) in [5.41, 5.74) is 3.22. The Balaban J connectivity index is 1.54. The molecule has 0 radical (unpaired) electrons. The van der Waals surface area contributed by atoms with E-state index in [1.54, 1.807) is 0 Å². The van der Waals surface area contributed by atoms with Crippen LogP contribution < -0.4 is 5.32 Å². The molecule has 4 nitrogen and oxygen atoms in total. The van der Waals surface area contributed by atoms with Gasteiger partial charge in [-0.2, -0.15) is 0 Å². The molecule has 116 valence electrons. The molecule has 1 heterocycles. The summed E-state index contributed by atoms with van der Waals surface area (Å²) >= 11 is 0. The molecule has 1 saturated carbocycles. The van der Waals surface area contributed by atoms with Crippen molar-refractivity contribution >= 4 is 22.9 Å². The summed E-state index contributed by atoms with van der Waals surface area (Å²) in [6.45, 7) is 2.84. The first-order valence-corrected chi connectivity index (χ1v) is 8.09. The number of nitrogens with zero attached hydrogens (tertiary/aromatic N) is 2. The average molecular weight is 305 g/mol. The number of hydrogen-bond acceptors (Lipinski definition) is 2. The molecule has 0 saturated heterocycles. The first-order chi connectivity index (χ1) is 11.3. The van der Waals surface area contributed by atoms with Crippen LogP contribution in [0.4, 0.5) is 5.95 Å². The second kappa shape index (κ2) is 5.54. The fraction of sp³-hybridized carbons (Fsp3) is 0.263. The minimum absolute atomic E-state index is 0.0579. The Labute approximate surface area is 135 Å². The Hall–Kier alpha value is -2.62. The summed E-state index contributed by atoms with van der Waals surface area (Å²) in [7, 11) is 0. The number of nitrogens with one attached hydrogen (secondary N) is 1. The zero-order chi connectivity index (χ0) is 15.8. The summed E-state index contributed by atoms with van der Waals surface area (Å²) in [6.07, 6.45) is 0.919. The molecule has 2 aromatic carbocycles. The molecule has 0 spiro atoms. The first-order valence-electron chi connectivity index (χ1n) is 8.09. The van der Waals surface area contributed by atoms with Crippen LogP contribution in [0.3, 0.4) is 0 Å². The van der Waals surface area contributed by atoms with Crippen molar-refractivity contribution in [3.8, 4) is 0 Å². The normalized spacial score (nSPS) is 19.7. The number of carbonyl (C=O) groups excluding carboxylic acids is 1. The Morgan fingerprint density at radius 1 is 1.17 bits per heavy atom. The zero-order valence-electron chi connectivity index (χ0n) is 13.1. The van der Waals surface area contributed by atoms with E-state index in [9.17, 15) is 4.79 Å². The largest absolute Gasteiger partial charge is 0.310 e. The van der Waals surface area contributed by atoms with Crippen molar-refractivity contribution in [3.63, 3.8) is 0 Å². The van der Waals surface area contributed by atoms with Crippen molar-refractivity contribution in [3.05, 3.63) is 60.2 Å². The molecule has 3 aromatic rings. The number of aryl methyl sites for hydroxylation is 1. The number of rotatable bonds is 4. The van der Waals surface area contributed by atoms with Gasteiger partial charge in [-0.3, -0.25) is 10.1 Å². The van der Waals surface area contributed by atoms with Crippen molar-refractivity contribution < 1.29 is 4.79 Å². The van der Waals surface area contributed by atoms with Crippen LogP contribution in [0.5, 0.6) is 0 Å². The third-order valence-electron chi connectivity index (χ3n) is 4.56. The number of amides is 1. The van der Waals surface area contributed by atoms with Crippen LogP contribution >= 0.6 is 0 Å². The lowest BCUT2D eigenvalue weighted by atomic mass is 10.1. The van der Waals surface area contributed by atoms with Gasteiger partial charge in [0.25, 0.3) is 0 Å². The molecule has 1 aliphatic carbocycles. The van der Waals surface area contributed by atoms with Gasteiger partial charge in [0.1, 0.15) is 0 Å². The van der Waals surface area contributed by atoms with Crippen LogP contribution in [0.15, 0.2) is 54.6 Å². The van der Waals surface area contributed by atoms with Crippen LogP contribution in [-0.2, 0) is 11.3 Å². The van der Waals surface area contributed by atoms with Crippen molar-refractivity contribution in [1.29, 1.82) is 0 Å². The lowest BCUT2D eigenvalue weighted by molar-refractivity contribution is -0.117. The monoisotopic (exact) mass is 305 g/mol. The number of hydrogen-bond donors (Lipinski definition) is 1. The second-order valence-corrected chi connectivity index (χ2v) is 6.02. The fourth-order valence-electron chi connectivity index (χ4n) is 3.25. The number of anilines is 1. The highest BCUT2D eigenvalue weighted by molar-refractivity contribution is 5.95. The number of para-hydroxylation sites is 2. The Morgan fingerprint density at radius 2 is 1.91 bits per heavy atom. The highest BCUT2D eigenvalue weighted by Crippen LogP contribution is 2.47. The predicted octanol–water partition coefficient (Wildman–Crippen LogP) is 3.80. The lowest BCUT2D eigenvalue weighted by Crippen LogP contribution is -2.18. The first kappa shape index (κ1) is 14.0. The molecule has 2 atom stereocenters. The van der Waals surface area contributed by atoms with Gasteiger partial charge >= 0.3 is 0 Å². The second-order valence-electron chi connectivity index (χ2n) is 6.02. The third-order valence-corrected chi connectivity index (χ3v) is 4.56. The SMILES string of the molecule is CCn1c(NC(=O)[C@H]2C[C@H]2c2ccccc2)nc2ccccc21. The van der Waals surface area contributed by atoms with Crippen LogP contribution in [0.1, 0.15) is 24.8 Å². The van der Waals surface area contributed by atoms with E-state index in [1.807, 2.05) is 47.0 Å². The number of aromatic nitrogens is 2. The summed E-state index contributed by atoms with van der Waals surface area (Å²) < 4.78 is 2.05. The van der Waals surface area contributed by atoms with E-state index < -0.39 is 0 Å². The van der Waals surface area contributed by atoms with E-state index in [1.165, 1.54) is 5.56 Å². The Morgan fingerprint density at radius 3 is 2.70 bits per heavy atom. The Bertz CT molecular complexity index is 853. The quantitative estimate of drug-likeness (QED) is 0.797. The molecule has 0 aliphatic heterocycles. The molecule has 1 aliphatic rings. The smallest absolute Gasteiger partial charge is 0.230 e. The number of carbonyl (C=O) groups is 1. The van der Waals surface area contributed by atoms with Gasteiger partial charge in [-0.05, 0) is 37.0 Å². The molecular formula is C19H19N3O. The van der Waals surface area contributed by atoms with Crippen LogP contribution in [0, 0.1) is 5.92 Å². The summed E-state index contributed by atoms with van der Waals surface area (Å²) in [6, 6.07) is 18.2. The predicted molar refractivity (Wildman–Crippen MR) is 91.3 cm³/mol. The van der Waals surface area contributed by atoms with Crippen molar-refractivity contribution in [2.75, 3.05) is 5.32 Å². The van der Waals surface area contributed by atoms with E-state index in [0.29, 0.717) is 11.9 Å². The van der Waals surface area contributed by atoms with Gasteiger partial charge in [-0.25, -0.2) is 4.98 Å². The average Bonchev–Trinajstić information content (AvgIpc) is 3.31. The topological polar surface area (TPSA) is 46.9 Å². The third kappa shape index (κ3) is 2.50. The van der Waals surface area contributed by atoms with Gasteiger partial charge in [0.15, 0.2) is 0 Å². The van der Waals surface area contributed by atoms with Gasteiger partial charge < -0.3 is 4.57 Å². The van der Waals surface area contributed by atoms with Crippen molar-refractivity contribution in [2.24, 2.45) is 5.92 Å². The molecule has 1 fully saturated rings. The standard InChI is InChI=1S/C19H19N3O/c1-2-22-17-11-7-6-10-16(17)20-19(22)21-18(23)15-12-14(15)13-8-4-3-5-9-13/h3-11,14-15H,2,12H2,1H3,(H,20,21,23)/t14-,15-/m0/s1. The summed E-state index contributed by atoms with van der Waals surface area (Å²) in [5.74, 6) is 1.12. The maximum absolute atomic E-state index is 12.5. The molecule has 4 rings (SSSR count). The zero-order valence-corrected chi connectivity index (χ0v) is 13.1. The van der Waals surface area contributed by atoms with Crippen molar-refractivity contribution in [2.45, 2.75) is 25.8 Å². The van der Waals surface area contributed by atoms with E-state index in [0.717, 1.165) is 24.0 Å². The van der Waals surface area contributed by atoms with Crippen LogP contribution in [0.25, 0.3) is 11.0 Å². The highest BCUT2D eigenvalue weighted by Gasteiger charge is 2.44. The van der Waals surface area contributed by atoms with Gasteiger partial charge in [-0.1, -0.05) is 42.5 Å². The van der Waals surface area contributed by atoms with Gasteiger partial charge in [0, 0.05) is 12.5 Å². The van der Waals surface area contributed by atoms with Crippen molar-refractivity contribution in [1.82, 2.24) is 9.55 Å². The highest BCUT2D eigenvalue weighted by atomic mass is 16.2. The molecule has 1 aromatic heterocycles. The summed E-state index contributed by atoms with van der Waals surface area (Å²) in [4.78, 5) is 17.1. The molecule has 4 heteroatoms. The van der Waals surface area contributed by atoms with E-state index >= 15 is 0 Å². The van der Waals surface area contributed by atoms with Gasteiger partial charge in [0.05, 0.1) is 11.0 Å². The number of fused-ring (bicyclic) bond motifs is 1. The minimum Gasteiger partial charge on any atom is -0.310 e. The van der Waals surface area contributed by atoms with Gasteiger partial charge in [-0.15, -0.1) is 0 Å². The Kier molecular flexibility index (Phi) is 3.37. The summed E-state index contributed by atoms with van der Waals surface area (Å²) in [5, 5.41) is 3.03. The lowest BCUT2D eigenvalue weighted by Gasteiger charge is -2.07. The van der Waals surface area contributed by atoms with E-state index in [2.05, 4.69) is 29.4 Å². The number of imidazole rings is 1.